The second-order valence-corrected chi connectivity index (χ2v) is 8.21. The van der Waals surface area contributed by atoms with Crippen LogP contribution >= 0.6 is 0 Å². The molecule has 8 atom stereocenters. The standard InChI is InChI=1S/C8H13NO3.C8H15NO3/c1-8(2)10-6-4-3-5(12-9-4)7(6)11-8;1-8(2)11-6-4(9)3-5(10)7(6)12-8/h4-7,9H,3H2,1-2H3;4-7,10H,3,9H2,1-2H3/t;4-,5+,6+,7-/m.1/s1. The van der Waals surface area contributed by atoms with Gasteiger partial charge in [-0.2, -0.15) is 5.48 Å². The summed E-state index contributed by atoms with van der Waals surface area (Å²) in [6.07, 6.45) is 1.31. The molecule has 3 saturated heterocycles. The van der Waals surface area contributed by atoms with Gasteiger partial charge in [0, 0.05) is 6.04 Å². The zero-order valence-corrected chi connectivity index (χ0v) is 14.6. The van der Waals surface area contributed by atoms with Gasteiger partial charge in [-0.3, -0.25) is 4.84 Å². The fraction of sp³-hybridized carbons (Fsp3) is 1.00. The van der Waals surface area contributed by atoms with Crippen LogP contribution in [-0.4, -0.2) is 65.4 Å². The van der Waals surface area contributed by atoms with Gasteiger partial charge in [-0.05, 0) is 40.5 Å². The predicted molar refractivity (Wildman–Crippen MR) is 82.7 cm³/mol. The fourth-order valence-corrected chi connectivity index (χ4v) is 4.33. The molecule has 138 valence electrons. The largest absolute Gasteiger partial charge is 0.390 e. The molecule has 4 unspecified atom stereocenters. The second-order valence-electron chi connectivity index (χ2n) is 8.21. The molecule has 2 bridgehead atoms. The average molecular weight is 344 g/mol. The summed E-state index contributed by atoms with van der Waals surface area (Å²) in [6, 6.07) is 0.244. The molecule has 0 amide bonds. The van der Waals surface area contributed by atoms with Crippen LogP contribution in [0.4, 0.5) is 0 Å². The number of aliphatic hydroxyl groups excluding tert-OH is 1. The summed E-state index contributed by atoms with van der Waals surface area (Å²) in [4.78, 5) is 5.30. The van der Waals surface area contributed by atoms with Crippen molar-refractivity contribution in [2.75, 3.05) is 0 Å². The summed E-state index contributed by atoms with van der Waals surface area (Å²) in [5, 5.41) is 9.52. The normalized spacial score (nSPS) is 52.8. The van der Waals surface area contributed by atoms with E-state index in [9.17, 15) is 5.11 Å². The van der Waals surface area contributed by atoms with Crippen molar-refractivity contribution in [3.8, 4) is 0 Å². The fourth-order valence-electron chi connectivity index (χ4n) is 4.33. The first-order valence-corrected chi connectivity index (χ1v) is 8.71. The zero-order valence-electron chi connectivity index (χ0n) is 14.6. The number of ether oxygens (including phenoxy) is 4. The second kappa shape index (κ2) is 5.59. The van der Waals surface area contributed by atoms with Crippen LogP contribution in [0, 0.1) is 0 Å². The van der Waals surface area contributed by atoms with E-state index in [0.29, 0.717) is 12.5 Å². The van der Waals surface area contributed by atoms with Gasteiger partial charge in [0.15, 0.2) is 11.6 Å². The Balaban J connectivity index is 0.000000121. The van der Waals surface area contributed by atoms with E-state index in [4.69, 9.17) is 29.5 Å². The Bertz CT molecular complexity index is 443. The molecular weight excluding hydrogens is 316 g/mol. The van der Waals surface area contributed by atoms with Crippen LogP contribution in [0.5, 0.6) is 0 Å². The summed E-state index contributed by atoms with van der Waals surface area (Å²) in [6.45, 7) is 7.57. The molecule has 5 aliphatic rings. The molecule has 0 spiro atoms. The van der Waals surface area contributed by atoms with Crippen molar-refractivity contribution in [1.82, 2.24) is 5.48 Å². The minimum Gasteiger partial charge on any atom is -0.390 e. The highest BCUT2D eigenvalue weighted by Crippen LogP contribution is 2.42. The van der Waals surface area contributed by atoms with Crippen LogP contribution in [-0.2, 0) is 23.8 Å². The minimum atomic E-state index is -0.589. The summed E-state index contributed by atoms with van der Waals surface area (Å²) in [7, 11) is 0. The lowest BCUT2D eigenvalue weighted by Crippen LogP contribution is -2.44. The maximum atomic E-state index is 9.52. The first kappa shape index (κ1) is 17.1. The molecule has 3 aliphatic heterocycles. The highest BCUT2D eigenvalue weighted by molar-refractivity contribution is 5.04. The maximum Gasteiger partial charge on any atom is 0.163 e. The van der Waals surface area contributed by atoms with Gasteiger partial charge in [0.05, 0.1) is 12.1 Å². The van der Waals surface area contributed by atoms with Gasteiger partial charge in [-0.1, -0.05) is 0 Å². The van der Waals surface area contributed by atoms with Gasteiger partial charge in [0.25, 0.3) is 0 Å². The molecule has 3 heterocycles. The molecule has 0 radical (unpaired) electrons. The van der Waals surface area contributed by atoms with E-state index < -0.39 is 17.7 Å². The number of fused-ring (bicyclic) bond motifs is 6. The maximum absolute atomic E-state index is 9.52. The van der Waals surface area contributed by atoms with Crippen LogP contribution in [0.1, 0.15) is 40.5 Å². The molecular formula is C16H28N2O6. The van der Waals surface area contributed by atoms with Crippen molar-refractivity contribution in [2.24, 2.45) is 5.73 Å². The Labute approximate surface area is 141 Å². The van der Waals surface area contributed by atoms with Crippen LogP contribution in [0.3, 0.4) is 0 Å². The Hall–Kier alpha value is -0.320. The molecule has 0 aromatic carbocycles. The van der Waals surface area contributed by atoms with Crippen LogP contribution in [0.15, 0.2) is 0 Å². The molecule has 8 heteroatoms. The van der Waals surface area contributed by atoms with Crippen molar-refractivity contribution >= 4 is 0 Å². The van der Waals surface area contributed by atoms with E-state index >= 15 is 0 Å². The van der Waals surface area contributed by atoms with E-state index in [1.807, 2.05) is 27.7 Å². The number of hydroxylamine groups is 1. The van der Waals surface area contributed by atoms with Crippen LogP contribution in [0.25, 0.3) is 0 Å². The zero-order chi connectivity index (χ0) is 17.3. The molecule has 5 fully saturated rings. The van der Waals surface area contributed by atoms with Crippen molar-refractivity contribution in [1.29, 1.82) is 0 Å². The van der Waals surface area contributed by atoms with Crippen LogP contribution < -0.4 is 11.2 Å². The molecule has 0 aromatic rings. The third kappa shape index (κ3) is 2.89. The van der Waals surface area contributed by atoms with E-state index in [1.54, 1.807) is 0 Å². The van der Waals surface area contributed by atoms with Crippen molar-refractivity contribution in [2.45, 2.75) is 101 Å². The highest BCUT2D eigenvalue weighted by Gasteiger charge is 2.58. The summed E-state index contributed by atoms with van der Waals surface area (Å²) >= 11 is 0. The highest BCUT2D eigenvalue weighted by atomic mass is 16.8. The lowest BCUT2D eigenvalue weighted by molar-refractivity contribution is -0.163. The van der Waals surface area contributed by atoms with Gasteiger partial charge >= 0.3 is 0 Å². The quantitative estimate of drug-likeness (QED) is 0.554. The third-order valence-electron chi connectivity index (χ3n) is 5.26. The molecule has 24 heavy (non-hydrogen) atoms. The van der Waals surface area contributed by atoms with Crippen molar-refractivity contribution in [3.63, 3.8) is 0 Å². The summed E-state index contributed by atoms with van der Waals surface area (Å²) in [5.74, 6) is -1.02. The Morgan fingerprint density at radius 3 is 2.08 bits per heavy atom. The molecule has 8 nitrogen and oxygen atoms in total. The minimum absolute atomic E-state index is 0.0909. The molecule has 2 aliphatic carbocycles. The van der Waals surface area contributed by atoms with Gasteiger partial charge < -0.3 is 29.8 Å². The molecule has 0 aromatic heterocycles. The Kier molecular flexibility index (Phi) is 3.98. The van der Waals surface area contributed by atoms with E-state index in [-0.39, 0.29) is 36.6 Å². The van der Waals surface area contributed by atoms with Crippen molar-refractivity contribution in [3.05, 3.63) is 0 Å². The Morgan fingerprint density at radius 2 is 1.46 bits per heavy atom. The summed E-state index contributed by atoms with van der Waals surface area (Å²) in [5.41, 5.74) is 8.73. The Morgan fingerprint density at radius 1 is 0.875 bits per heavy atom. The van der Waals surface area contributed by atoms with E-state index in [0.717, 1.165) is 6.42 Å². The van der Waals surface area contributed by atoms with Gasteiger partial charge in [-0.15, -0.1) is 0 Å². The van der Waals surface area contributed by atoms with Gasteiger partial charge in [-0.25, -0.2) is 0 Å². The number of aliphatic hydroxyl groups is 1. The van der Waals surface area contributed by atoms with Crippen molar-refractivity contribution < 1.29 is 28.9 Å². The topological polar surface area (TPSA) is 104 Å². The summed E-state index contributed by atoms with van der Waals surface area (Å²) < 4.78 is 22.5. The van der Waals surface area contributed by atoms with Gasteiger partial charge in [0.2, 0.25) is 0 Å². The SMILES string of the molecule is CC1(C)OC2C3CC(ON3)C2O1.CC1(C)O[C@@H]2[C@H](O1)[C@@H](O)C[C@H]2N. The smallest absolute Gasteiger partial charge is 0.163 e. The lowest BCUT2D eigenvalue weighted by Gasteiger charge is -2.21. The number of nitrogens with one attached hydrogen (secondary N) is 1. The number of rotatable bonds is 0. The first-order valence-electron chi connectivity index (χ1n) is 8.71. The van der Waals surface area contributed by atoms with Gasteiger partial charge in [0.1, 0.15) is 30.5 Å². The van der Waals surface area contributed by atoms with E-state index in [2.05, 4.69) is 5.48 Å². The third-order valence-corrected chi connectivity index (χ3v) is 5.26. The first-order chi connectivity index (χ1) is 11.2. The van der Waals surface area contributed by atoms with Crippen LogP contribution in [0.2, 0.25) is 0 Å². The number of nitrogens with two attached hydrogens (primary N) is 1. The number of hydrogen-bond donors (Lipinski definition) is 3. The predicted octanol–water partition coefficient (Wildman–Crippen LogP) is -0.219. The number of hydrogen-bond acceptors (Lipinski definition) is 8. The molecule has 4 N–H and O–H groups in total. The lowest BCUT2D eigenvalue weighted by atomic mass is 10.2. The molecule has 2 saturated carbocycles. The molecule has 5 rings (SSSR count). The van der Waals surface area contributed by atoms with E-state index in [1.165, 1.54) is 0 Å². The monoisotopic (exact) mass is 344 g/mol. The average Bonchev–Trinajstić information content (AvgIpc) is 3.20.